The van der Waals surface area contributed by atoms with Gasteiger partial charge in [-0.25, -0.2) is 4.99 Å². The Morgan fingerprint density at radius 1 is 0.524 bits per heavy atom. The van der Waals surface area contributed by atoms with Crippen molar-refractivity contribution in [2.45, 2.75) is 12.8 Å². The van der Waals surface area contributed by atoms with E-state index in [1.54, 1.807) is 0 Å². The highest BCUT2D eigenvalue weighted by Gasteiger charge is 2.21. The van der Waals surface area contributed by atoms with Crippen LogP contribution in [0.5, 0.6) is 0 Å². The number of nitrogens with zero attached hydrogens (tertiary/aromatic N) is 1. The second-order valence-corrected chi connectivity index (χ2v) is 11.5. The zero-order chi connectivity index (χ0) is 27.6. The molecule has 0 aromatic heterocycles. The molecular formula is C41H27N. The van der Waals surface area contributed by atoms with Crippen molar-refractivity contribution in [3.8, 4) is 11.1 Å². The van der Waals surface area contributed by atoms with Crippen molar-refractivity contribution in [3.63, 3.8) is 0 Å². The Morgan fingerprint density at radius 2 is 1.24 bits per heavy atom. The van der Waals surface area contributed by atoms with Gasteiger partial charge in [0.15, 0.2) is 0 Å². The second-order valence-electron chi connectivity index (χ2n) is 11.5. The summed E-state index contributed by atoms with van der Waals surface area (Å²) < 4.78 is 0. The minimum Gasteiger partial charge on any atom is -0.247 e. The van der Waals surface area contributed by atoms with Crippen LogP contribution < -0.4 is 10.6 Å². The number of hydrogen-bond acceptors (Lipinski definition) is 1. The molecule has 1 aliphatic carbocycles. The summed E-state index contributed by atoms with van der Waals surface area (Å²) in [6.45, 7) is 0. The van der Waals surface area contributed by atoms with Crippen molar-refractivity contribution in [3.05, 3.63) is 182 Å². The molecular weight excluding hydrogens is 506 g/mol. The SMILES string of the molecule is C1=c2cccc(Cc3ccccc3)c2=c2ccc3ccc4c5c(cc(Cc6ccccc6)c4c3c21)-c1ccccc1N=5. The van der Waals surface area contributed by atoms with E-state index in [1.807, 2.05) is 0 Å². The molecule has 9 rings (SSSR count). The van der Waals surface area contributed by atoms with E-state index in [0.717, 1.165) is 23.9 Å². The molecule has 0 spiro atoms. The summed E-state index contributed by atoms with van der Waals surface area (Å²) in [5.74, 6) is 0. The molecule has 2 aliphatic rings. The summed E-state index contributed by atoms with van der Waals surface area (Å²) in [6.07, 6.45) is 4.23. The predicted octanol–water partition coefficient (Wildman–Crippen LogP) is 8.54. The highest BCUT2D eigenvalue weighted by molar-refractivity contribution is 6.14. The van der Waals surface area contributed by atoms with Crippen LogP contribution in [0.25, 0.3) is 38.7 Å². The lowest BCUT2D eigenvalue weighted by Gasteiger charge is -2.14. The fourth-order valence-corrected chi connectivity index (χ4v) is 7.19. The van der Waals surface area contributed by atoms with Crippen LogP contribution in [0.1, 0.15) is 27.8 Å². The number of rotatable bonds is 4. The minimum absolute atomic E-state index is 0.877. The smallest absolute Gasteiger partial charge is 0.0795 e. The van der Waals surface area contributed by atoms with Crippen LogP contribution in [0.3, 0.4) is 0 Å². The lowest BCUT2D eigenvalue weighted by molar-refractivity contribution is 1.16. The molecule has 42 heavy (non-hydrogen) atoms. The first-order valence-electron chi connectivity index (χ1n) is 14.7. The second kappa shape index (κ2) is 9.12. The van der Waals surface area contributed by atoms with Gasteiger partial charge in [-0.2, -0.15) is 0 Å². The fraction of sp³-hybridized carbons (Fsp3) is 0.0488. The molecule has 0 saturated carbocycles. The van der Waals surface area contributed by atoms with Crippen LogP contribution in [0.4, 0.5) is 5.69 Å². The monoisotopic (exact) mass is 533 g/mol. The van der Waals surface area contributed by atoms with Crippen molar-refractivity contribution < 1.29 is 0 Å². The molecule has 0 unspecified atom stereocenters. The number of hydrogen-bond donors (Lipinski definition) is 0. The first-order chi connectivity index (χ1) is 20.8. The Balaban J connectivity index is 1.40. The van der Waals surface area contributed by atoms with Gasteiger partial charge in [0.05, 0.1) is 11.0 Å². The van der Waals surface area contributed by atoms with E-state index in [0.29, 0.717) is 0 Å². The first-order valence-corrected chi connectivity index (χ1v) is 14.7. The van der Waals surface area contributed by atoms with Crippen LogP contribution in [-0.2, 0) is 12.8 Å². The Labute approximate surface area is 244 Å². The summed E-state index contributed by atoms with van der Waals surface area (Å²) in [6, 6.07) is 48.7. The summed E-state index contributed by atoms with van der Waals surface area (Å²) in [5.41, 5.74) is 10.3. The van der Waals surface area contributed by atoms with Gasteiger partial charge in [-0.05, 0) is 90.7 Å². The Hall–Kier alpha value is -5.27. The molecule has 0 amide bonds. The summed E-state index contributed by atoms with van der Waals surface area (Å²) in [5, 5.41) is 10.3. The quantitative estimate of drug-likeness (QED) is 0.201. The van der Waals surface area contributed by atoms with Gasteiger partial charge in [0.1, 0.15) is 0 Å². The van der Waals surface area contributed by atoms with Gasteiger partial charge in [-0.3, -0.25) is 0 Å². The maximum Gasteiger partial charge on any atom is 0.0795 e. The van der Waals surface area contributed by atoms with E-state index < -0.39 is 0 Å². The van der Waals surface area contributed by atoms with Gasteiger partial charge in [-0.15, -0.1) is 0 Å². The zero-order valence-electron chi connectivity index (χ0n) is 23.1. The standard InChI is InChI=1S/C41H27N/c1-3-10-26(11-4-1)22-29-14-9-15-30-24-35-33(38(29)30)20-18-28-19-21-34-40(39(28)35)31(23-27-12-5-2-6-13-27)25-36-32-16-7-8-17-37(32)42-41(34)36/h1-21,24-25H,22-23H2. The Bertz CT molecular complexity index is 2440. The van der Waals surface area contributed by atoms with Crippen LogP contribution in [0.15, 0.2) is 138 Å². The van der Waals surface area contributed by atoms with E-state index in [4.69, 9.17) is 4.99 Å². The highest BCUT2D eigenvalue weighted by Crippen LogP contribution is 2.39. The lowest BCUT2D eigenvalue weighted by Crippen LogP contribution is -2.07. The summed E-state index contributed by atoms with van der Waals surface area (Å²) in [4.78, 5) is 5.18. The van der Waals surface area contributed by atoms with E-state index in [-0.39, 0.29) is 0 Å². The third-order valence-electron chi connectivity index (χ3n) is 9.03. The molecule has 1 aliphatic heterocycles. The van der Waals surface area contributed by atoms with Crippen LogP contribution in [0.2, 0.25) is 0 Å². The van der Waals surface area contributed by atoms with Crippen molar-refractivity contribution >= 4 is 33.3 Å². The third kappa shape index (κ3) is 3.53. The summed E-state index contributed by atoms with van der Waals surface area (Å²) in [7, 11) is 0. The Kier molecular flexibility index (Phi) is 5.09. The molecule has 0 radical (unpaired) electrons. The van der Waals surface area contributed by atoms with Crippen LogP contribution >= 0.6 is 0 Å². The molecule has 0 N–H and O–H groups in total. The lowest BCUT2D eigenvalue weighted by atomic mass is 9.88. The van der Waals surface area contributed by atoms with Gasteiger partial charge >= 0.3 is 0 Å². The molecule has 1 heteroatoms. The third-order valence-corrected chi connectivity index (χ3v) is 9.03. The molecule has 0 saturated heterocycles. The molecule has 0 fully saturated rings. The average molecular weight is 534 g/mol. The van der Waals surface area contributed by atoms with Crippen molar-refractivity contribution in [2.75, 3.05) is 0 Å². The number of fused-ring (bicyclic) bond motifs is 10. The van der Waals surface area contributed by atoms with Gasteiger partial charge in [-0.1, -0.05) is 121 Å². The first kappa shape index (κ1) is 23.4. The van der Waals surface area contributed by atoms with Gasteiger partial charge < -0.3 is 0 Å². The normalized spacial score (nSPS) is 12.4. The van der Waals surface area contributed by atoms with Gasteiger partial charge in [0, 0.05) is 16.5 Å². The predicted molar refractivity (Wildman–Crippen MR) is 174 cm³/mol. The van der Waals surface area contributed by atoms with Crippen LogP contribution in [-0.4, -0.2) is 0 Å². The van der Waals surface area contributed by atoms with Crippen LogP contribution in [0, 0.1) is 10.4 Å². The van der Waals surface area contributed by atoms with E-state index >= 15 is 0 Å². The molecule has 196 valence electrons. The fourth-order valence-electron chi connectivity index (χ4n) is 7.19. The Morgan fingerprint density at radius 3 is 2.05 bits per heavy atom. The molecule has 1 heterocycles. The molecule has 7 aromatic carbocycles. The molecule has 0 atom stereocenters. The van der Waals surface area contributed by atoms with E-state index in [2.05, 4.69) is 140 Å². The zero-order valence-corrected chi connectivity index (χ0v) is 23.1. The molecule has 0 bridgehead atoms. The van der Waals surface area contributed by atoms with Gasteiger partial charge in [0.25, 0.3) is 0 Å². The minimum atomic E-state index is 0.877. The topological polar surface area (TPSA) is 12.4 Å². The molecule has 1 nitrogen and oxygen atoms in total. The van der Waals surface area contributed by atoms with Crippen molar-refractivity contribution in [1.82, 2.24) is 0 Å². The van der Waals surface area contributed by atoms with Crippen molar-refractivity contribution in [1.29, 1.82) is 0 Å². The highest BCUT2D eigenvalue weighted by atomic mass is 14.8. The largest absolute Gasteiger partial charge is 0.247 e. The van der Waals surface area contributed by atoms with Gasteiger partial charge in [0.2, 0.25) is 0 Å². The maximum atomic E-state index is 5.18. The number of benzene rings is 7. The van der Waals surface area contributed by atoms with E-state index in [1.165, 1.54) is 76.1 Å². The number of para-hydroxylation sites is 1. The van der Waals surface area contributed by atoms with E-state index in [9.17, 15) is 0 Å². The summed E-state index contributed by atoms with van der Waals surface area (Å²) >= 11 is 0. The van der Waals surface area contributed by atoms with Crippen molar-refractivity contribution in [2.24, 2.45) is 4.99 Å². The average Bonchev–Trinajstić information content (AvgIpc) is 3.61. The molecule has 7 aromatic rings. The maximum absolute atomic E-state index is 5.18.